The van der Waals surface area contributed by atoms with Gasteiger partial charge in [-0.05, 0) is 18.1 Å². The number of methoxy groups -OCH3 is 1. The Balaban J connectivity index is 1.60. The number of ether oxygens (including phenoxy) is 2. The average Bonchev–Trinajstić information content (AvgIpc) is 2.70. The molecule has 0 aliphatic carbocycles. The Hall–Kier alpha value is -2.84. The zero-order valence-electron chi connectivity index (χ0n) is 15.1. The van der Waals surface area contributed by atoms with Gasteiger partial charge in [0.25, 0.3) is 0 Å². The standard InChI is InChI=1S/C19H18F3N3O3/c1-27-16-9-12-10-25(7-6-14(12)23-24-16)18(26)13-8-11-4-2-3-5-15(11)28-17(13)19(20,21)22/h2-5,9,13,17H,6-8,10H2,1H3/t13-,17-/m1/s1. The predicted octanol–water partition coefficient (Wildman–Crippen LogP) is 2.55. The van der Waals surface area contributed by atoms with E-state index in [0.29, 0.717) is 17.9 Å². The van der Waals surface area contributed by atoms with Gasteiger partial charge in [-0.2, -0.15) is 18.3 Å². The fourth-order valence-electron chi connectivity index (χ4n) is 3.69. The number of hydrogen-bond acceptors (Lipinski definition) is 5. The second kappa shape index (κ2) is 6.96. The van der Waals surface area contributed by atoms with Crippen LogP contribution in [0.15, 0.2) is 30.3 Å². The smallest absolute Gasteiger partial charge is 0.426 e. The number of carbonyl (C=O) groups excluding carboxylic acids is 1. The van der Waals surface area contributed by atoms with Gasteiger partial charge in [-0.25, -0.2) is 0 Å². The summed E-state index contributed by atoms with van der Waals surface area (Å²) >= 11 is 0. The number of amides is 1. The lowest BCUT2D eigenvalue weighted by Gasteiger charge is -2.37. The summed E-state index contributed by atoms with van der Waals surface area (Å²) in [4.78, 5) is 14.5. The largest absolute Gasteiger partial charge is 0.480 e. The second-order valence-corrected chi connectivity index (χ2v) is 6.87. The lowest BCUT2D eigenvalue weighted by atomic mass is 9.88. The maximum atomic E-state index is 13.6. The zero-order chi connectivity index (χ0) is 19.9. The van der Waals surface area contributed by atoms with E-state index >= 15 is 0 Å². The van der Waals surface area contributed by atoms with Crippen LogP contribution in [0.5, 0.6) is 11.6 Å². The molecule has 0 bridgehead atoms. The van der Waals surface area contributed by atoms with Crippen molar-refractivity contribution >= 4 is 5.91 Å². The van der Waals surface area contributed by atoms with Crippen LogP contribution in [0.4, 0.5) is 13.2 Å². The number of alkyl halides is 3. The molecule has 1 aromatic carbocycles. The summed E-state index contributed by atoms with van der Waals surface area (Å²) in [5.41, 5.74) is 2.06. The third-order valence-corrected chi connectivity index (χ3v) is 5.11. The molecule has 1 amide bonds. The van der Waals surface area contributed by atoms with Gasteiger partial charge < -0.3 is 14.4 Å². The lowest BCUT2D eigenvalue weighted by molar-refractivity contribution is -0.216. The van der Waals surface area contributed by atoms with Gasteiger partial charge in [0.05, 0.1) is 18.7 Å². The molecule has 0 saturated heterocycles. The summed E-state index contributed by atoms with van der Waals surface area (Å²) in [5, 5.41) is 7.96. The van der Waals surface area contributed by atoms with Crippen LogP contribution >= 0.6 is 0 Å². The molecule has 2 aromatic rings. The van der Waals surface area contributed by atoms with Gasteiger partial charge in [-0.15, -0.1) is 5.10 Å². The highest BCUT2D eigenvalue weighted by Crippen LogP contribution is 2.39. The maximum absolute atomic E-state index is 13.6. The van der Waals surface area contributed by atoms with Crippen molar-refractivity contribution in [1.29, 1.82) is 0 Å². The molecule has 2 atom stereocenters. The van der Waals surface area contributed by atoms with Gasteiger partial charge >= 0.3 is 6.18 Å². The topological polar surface area (TPSA) is 64.6 Å². The Kier molecular flexibility index (Phi) is 4.60. The van der Waals surface area contributed by atoms with Crippen molar-refractivity contribution in [3.63, 3.8) is 0 Å². The molecule has 0 N–H and O–H groups in total. The minimum absolute atomic E-state index is 0.0134. The molecule has 0 fully saturated rings. The minimum atomic E-state index is -4.64. The van der Waals surface area contributed by atoms with Gasteiger partial charge in [-0.1, -0.05) is 18.2 Å². The molecule has 0 radical (unpaired) electrons. The summed E-state index contributed by atoms with van der Waals surface area (Å²) in [6.07, 6.45) is -6.39. The number of halogens is 3. The third-order valence-electron chi connectivity index (χ3n) is 5.11. The van der Waals surface area contributed by atoms with Gasteiger partial charge in [-0.3, -0.25) is 4.79 Å². The molecule has 0 saturated carbocycles. The van der Waals surface area contributed by atoms with E-state index in [1.165, 1.54) is 18.1 Å². The first-order valence-electron chi connectivity index (χ1n) is 8.86. The van der Waals surface area contributed by atoms with Crippen molar-refractivity contribution in [1.82, 2.24) is 15.1 Å². The molecule has 9 heteroatoms. The van der Waals surface area contributed by atoms with Crippen LogP contribution in [-0.2, 0) is 24.2 Å². The number of nitrogens with zero attached hydrogens (tertiary/aromatic N) is 3. The summed E-state index contributed by atoms with van der Waals surface area (Å²) < 4.78 is 51.1. The first-order chi connectivity index (χ1) is 13.4. The summed E-state index contributed by atoms with van der Waals surface area (Å²) in [6, 6.07) is 8.19. The molecule has 0 unspecified atom stereocenters. The van der Waals surface area contributed by atoms with E-state index in [1.54, 1.807) is 24.3 Å². The molecule has 2 aliphatic heterocycles. The van der Waals surface area contributed by atoms with Gasteiger partial charge in [0.1, 0.15) is 5.75 Å². The Labute approximate surface area is 159 Å². The van der Waals surface area contributed by atoms with E-state index in [-0.39, 0.29) is 25.3 Å². The van der Waals surface area contributed by atoms with E-state index in [2.05, 4.69) is 10.2 Å². The highest BCUT2D eigenvalue weighted by Gasteiger charge is 2.52. The summed E-state index contributed by atoms with van der Waals surface area (Å²) in [5.74, 6) is -1.42. The number of hydrogen-bond donors (Lipinski definition) is 0. The predicted molar refractivity (Wildman–Crippen MR) is 91.8 cm³/mol. The molecule has 4 rings (SSSR count). The highest BCUT2D eigenvalue weighted by atomic mass is 19.4. The summed E-state index contributed by atoms with van der Waals surface area (Å²) in [7, 11) is 1.45. The van der Waals surface area contributed by atoms with Crippen molar-refractivity contribution in [3.8, 4) is 11.6 Å². The number of benzene rings is 1. The quantitative estimate of drug-likeness (QED) is 0.785. The third kappa shape index (κ3) is 3.36. The molecular weight excluding hydrogens is 375 g/mol. The van der Waals surface area contributed by atoms with Crippen molar-refractivity contribution in [2.24, 2.45) is 5.92 Å². The van der Waals surface area contributed by atoms with Crippen molar-refractivity contribution in [2.75, 3.05) is 13.7 Å². The normalized spacial score (nSPS) is 21.4. The lowest BCUT2D eigenvalue weighted by Crippen LogP contribution is -2.52. The zero-order valence-corrected chi connectivity index (χ0v) is 15.1. The number of carbonyl (C=O) groups is 1. The summed E-state index contributed by atoms with van der Waals surface area (Å²) in [6.45, 7) is 0.457. The van der Waals surface area contributed by atoms with E-state index in [0.717, 1.165) is 11.3 Å². The molecule has 1 aromatic heterocycles. The number of rotatable bonds is 2. The van der Waals surface area contributed by atoms with Crippen LogP contribution in [0, 0.1) is 5.92 Å². The van der Waals surface area contributed by atoms with Gasteiger partial charge in [0.2, 0.25) is 17.9 Å². The van der Waals surface area contributed by atoms with Crippen LogP contribution < -0.4 is 9.47 Å². The van der Waals surface area contributed by atoms with Crippen LogP contribution in [-0.4, -0.2) is 46.9 Å². The van der Waals surface area contributed by atoms with Crippen molar-refractivity contribution in [3.05, 3.63) is 47.2 Å². The van der Waals surface area contributed by atoms with E-state index < -0.39 is 24.1 Å². The minimum Gasteiger partial charge on any atom is -0.480 e. The molecule has 2 aliphatic rings. The second-order valence-electron chi connectivity index (χ2n) is 6.87. The maximum Gasteiger partial charge on any atom is 0.426 e. The highest BCUT2D eigenvalue weighted by molar-refractivity contribution is 5.80. The molecule has 3 heterocycles. The Morgan fingerprint density at radius 2 is 2.04 bits per heavy atom. The van der Waals surface area contributed by atoms with Gasteiger partial charge in [0, 0.05) is 31.1 Å². The van der Waals surface area contributed by atoms with Crippen LogP contribution in [0.2, 0.25) is 0 Å². The molecule has 0 spiro atoms. The first-order valence-corrected chi connectivity index (χ1v) is 8.86. The fraction of sp³-hybridized carbons (Fsp3) is 0.421. The molecular formula is C19H18F3N3O3. The molecule has 28 heavy (non-hydrogen) atoms. The van der Waals surface area contributed by atoms with Crippen LogP contribution in [0.1, 0.15) is 16.8 Å². The van der Waals surface area contributed by atoms with Gasteiger partial charge in [0.15, 0.2) is 0 Å². The van der Waals surface area contributed by atoms with E-state index in [4.69, 9.17) is 9.47 Å². The number of para-hydroxylation sites is 1. The fourth-order valence-corrected chi connectivity index (χ4v) is 3.69. The average molecular weight is 393 g/mol. The SMILES string of the molecule is COc1cc2c(nn1)CCN(C(=O)[C@@H]1Cc3ccccc3O[C@H]1C(F)(F)F)C2. The number of fused-ring (bicyclic) bond motifs is 2. The molecule has 148 valence electrons. The van der Waals surface area contributed by atoms with Crippen LogP contribution in [0.3, 0.4) is 0 Å². The molecule has 6 nitrogen and oxygen atoms in total. The monoisotopic (exact) mass is 393 g/mol. The first kappa shape index (κ1) is 18.5. The Morgan fingerprint density at radius 3 is 2.79 bits per heavy atom. The Morgan fingerprint density at radius 1 is 1.25 bits per heavy atom. The van der Waals surface area contributed by atoms with Crippen molar-refractivity contribution < 1.29 is 27.4 Å². The van der Waals surface area contributed by atoms with E-state index in [9.17, 15) is 18.0 Å². The van der Waals surface area contributed by atoms with Crippen LogP contribution in [0.25, 0.3) is 0 Å². The number of aromatic nitrogens is 2. The Bertz CT molecular complexity index is 903. The van der Waals surface area contributed by atoms with Crippen molar-refractivity contribution in [2.45, 2.75) is 31.7 Å². The van der Waals surface area contributed by atoms with E-state index in [1.807, 2.05) is 0 Å².